The Labute approximate surface area is 126 Å². The molecule has 0 fully saturated rings. The lowest BCUT2D eigenvalue weighted by atomic mass is 9.87. The maximum Gasteiger partial charge on any atom is 0.330 e. The lowest BCUT2D eigenvalue weighted by Gasteiger charge is -2.35. The van der Waals surface area contributed by atoms with E-state index in [2.05, 4.69) is 30.4 Å². The number of allylic oxidation sites excluding steroid dienone is 3. The number of rotatable bonds is 4. The van der Waals surface area contributed by atoms with Gasteiger partial charge in [0.15, 0.2) is 0 Å². The molecule has 0 bridgehead atoms. The lowest BCUT2D eigenvalue weighted by molar-refractivity contribution is -0.150. The molecule has 1 unspecified atom stereocenters. The average Bonchev–Trinajstić information content (AvgIpc) is 2.53. The summed E-state index contributed by atoms with van der Waals surface area (Å²) in [4.78, 5) is 13.9. The molecular weight excluding hydrogens is 262 g/mol. The maximum absolute atomic E-state index is 12.1. The maximum atomic E-state index is 12.1. The lowest BCUT2D eigenvalue weighted by Crippen LogP contribution is -2.50. The minimum Gasteiger partial charge on any atom is -0.467 e. The number of carbonyl (C=O) groups excluding carboxylic acids is 1. The molecule has 1 aromatic rings. The van der Waals surface area contributed by atoms with E-state index in [1.807, 2.05) is 49.3 Å². The summed E-state index contributed by atoms with van der Waals surface area (Å²) in [6.45, 7) is 0. The second kappa shape index (κ2) is 6.55. The molecule has 0 saturated heterocycles. The van der Waals surface area contributed by atoms with Crippen molar-refractivity contribution in [2.24, 2.45) is 0 Å². The molecule has 1 atom stereocenters. The molecule has 0 N–H and O–H groups in total. The predicted molar refractivity (Wildman–Crippen MR) is 85.8 cm³/mol. The number of hydrogen-bond donors (Lipinski definition) is 0. The van der Waals surface area contributed by atoms with Crippen molar-refractivity contribution in [2.75, 3.05) is 21.2 Å². The van der Waals surface area contributed by atoms with Crippen LogP contribution in [-0.4, -0.2) is 37.6 Å². The van der Waals surface area contributed by atoms with E-state index in [0.717, 1.165) is 11.1 Å². The molecule has 1 aromatic carbocycles. The van der Waals surface area contributed by atoms with Crippen LogP contribution in [0.4, 0.5) is 0 Å². The molecule has 3 nitrogen and oxygen atoms in total. The smallest absolute Gasteiger partial charge is 0.330 e. The van der Waals surface area contributed by atoms with Gasteiger partial charge in [-0.25, -0.2) is 4.79 Å². The van der Waals surface area contributed by atoms with Gasteiger partial charge in [-0.3, -0.25) is 4.90 Å². The Hall–Kier alpha value is -2.13. The molecule has 0 spiro atoms. The van der Waals surface area contributed by atoms with Crippen molar-refractivity contribution >= 4 is 12.0 Å². The number of carbonyl (C=O) groups is 1. The summed E-state index contributed by atoms with van der Waals surface area (Å²) in [5.74, 6) is -0.230. The van der Waals surface area contributed by atoms with Crippen molar-refractivity contribution in [1.82, 2.24) is 4.90 Å². The first kappa shape index (κ1) is 15.3. The van der Waals surface area contributed by atoms with Gasteiger partial charge in [0.05, 0.1) is 7.11 Å². The van der Waals surface area contributed by atoms with Gasteiger partial charge in [0.25, 0.3) is 0 Å². The number of benzene rings is 1. The molecule has 3 heteroatoms. The second-order valence-electron chi connectivity index (χ2n) is 5.30. The molecule has 0 radical (unpaired) electrons. The molecule has 110 valence electrons. The van der Waals surface area contributed by atoms with Crippen molar-refractivity contribution < 1.29 is 9.53 Å². The fourth-order valence-electron chi connectivity index (χ4n) is 2.37. The van der Waals surface area contributed by atoms with Gasteiger partial charge < -0.3 is 4.74 Å². The van der Waals surface area contributed by atoms with Gasteiger partial charge >= 0.3 is 5.97 Å². The van der Waals surface area contributed by atoms with Gasteiger partial charge in [-0.1, -0.05) is 60.7 Å². The Bertz CT molecular complexity index is 584. The molecule has 21 heavy (non-hydrogen) atoms. The van der Waals surface area contributed by atoms with Gasteiger partial charge in [0.2, 0.25) is 0 Å². The number of methoxy groups -OCH3 is 1. The van der Waals surface area contributed by atoms with Crippen LogP contribution in [0.15, 0.2) is 60.2 Å². The Balaban J connectivity index is 2.13. The van der Waals surface area contributed by atoms with Crippen LogP contribution in [0.5, 0.6) is 0 Å². The van der Waals surface area contributed by atoms with Gasteiger partial charge in [-0.2, -0.15) is 0 Å². The van der Waals surface area contributed by atoms with E-state index in [9.17, 15) is 4.79 Å². The predicted octanol–water partition coefficient (Wildman–Crippen LogP) is 3.06. The first-order valence-electron chi connectivity index (χ1n) is 6.97. The van der Waals surface area contributed by atoms with Crippen LogP contribution in [-0.2, 0) is 9.53 Å². The minimum absolute atomic E-state index is 0.230. The Morgan fingerprint density at radius 2 is 1.95 bits per heavy atom. The monoisotopic (exact) mass is 283 g/mol. The summed E-state index contributed by atoms with van der Waals surface area (Å²) in [6, 6.07) is 10.1. The van der Waals surface area contributed by atoms with E-state index in [-0.39, 0.29) is 5.97 Å². The van der Waals surface area contributed by atoms with Crippen LogP contribution in [0.2, 0.25) is 0 Å². The fraction of sp³-hybridized carbons (Fsp3) is 0.278. The number of ether oxygens (including phenoxy) is 1. The molecule has 2 rings (SSSR count). The van der Waals surface area contributed by atoms with Crippen molar-refractivity contribution in [3.63, 3.8) is 0 Å². The van der Waals surface area contributed by atoms with E-state index < -0.39 is 5.54 Å². The molecule has 0 heterocycles. The van der Waals surface area contributed by atoms with Gasteiger partial charge in [0.1, 0.15) is 5.54 Å². The molecule has 0 saturated carbocycles. The van der Waals surface area contributed by atoms with Crippen molar-refractivity contribution in [1.29, 1.82) is 0 Å². The highest BCUT2D eigenvalue weighted by Gasteiger charge is 2.39. The van der Waals surface area contributed by atoms with E-state index in [1.54, 1.807) is 0 Å². The summed E-state index contributed by atoms with van der Waals surface area (Å²) in [5, 5.41) is 0. The summed E-state index contributed by atoms with van der Waals surface area (Å²) >= 11 is 0. The minimum atomic E-state index is -0.696. The number of esters is 1. The summed E-state index contributed by atoms with van der Waals surface area (Å²) in [7, 11) is 5.20. The molecule has 1 aliphatic rings. The normalized spacial score (nSPS) is 21.6. The quantitative estimate of drug-likeness (QED) is 0.795. The Kier molecular flexibility index (Phi) is 4.76. The van der Waals surface area contributed by atoms with Gasteiger partial charge in [-0.05, 0) is 31.7 Å². The second-order valence-corrected chi connectivity index (χ2v) is 5.30. The van der Waals surface area contributed by atoms with Crippen LogP contribution in [0.3, 0.4) is 0 Å². The van der Waals surface area contributed by atoms with Crippen LogP contribution in [0.1, 0.15) is 12.0 Å². The number of likely N-dealkylation sites (N-methyl/N-ethyl adjacent to an activating group) is 1. The third kappa shape index (κ3) is 3.31. The molecule has 0 aliphatic heterocycles. The fourth-order valence-corrected chi connectivity index (χ4v) is 2.37. The van der Waals surface area contributed by atoms with Crippen LogP contribution < -0.4 is 0 Å². The SMILES string of the molecule is COC(=O)C1(N(C)C)C=CC(/C=C/c2ccccc2)=CC1. The van der Waals surface area contributed by atoms with E-state index in [1.165, 1.54) is 7.11 Å². The summed E-state index contributed by atoms with van der Waals surface area (Å²) in [5.41, 5.74) is 1.56. The zero-order chi connectivity index (χ0) is 15.3. The zero-order valence-electron chi connectivity index (χ0n) is 12.7. The van der Waals surface area contributed by atoms with Gasteiger partial charge in [-0.15, -0.1) is 0 Å². The zero-order valence-corrected chi connectivity index (χ0v) is 12.7. The third-order valence-corrected chi connectivity index (χ3v) is 3.81. The highest BCUT2D eigenvalue weighted by Crippen LogP contribution is 2.27. The largest absolute Gasteiger partial charge is 0.467 e. The van der Waals surface area contributed by atoms with Crippen LogP contribution >= 0.6 is 0 Å². The number of hydrogen-bond acceptors (Lipinski definition) is 3. The van der Waals surface area contributed by atoms with Crippen LogP contribution in [0.25, 0.3) is 6.08 Å². The topological polar surface area (TPSA) is 29.5 Å². The Morgan fingerprint density at radius 3 is 2.48 bits per heavy atom. The molecule has 1 aliphatic carbocycles. The first-order valence-corrected chi connectivity index (χ1v) is 6.97. The number of nitrogens with zero attached hydrogens (tertiary/aromatic N) is 1. The average molecular weight is 283 g/mol. The Morgan fingerprint density at radius 1 is 1.24 bits per heavy atom. The van der Waals surface area contributed by atoms with Crippen LogP contribution in [0, 0.1) is 0 Å². The highest BCUT2D eigenvalue weighted by atomic mass is 16.5. The summed E-state index contributed by atoms with van der Waals surface area (Å²) < 4.78 is 4.94. The molecule has 0 amide bonds. The highest BCUT2D eigenvalue weighted by molar-refractivity contribution is 5.84. The molecule has 0 aromatic heterocycles. The van der Waals surface area contributed by atoms with Gasteiger partial charge in [0, 0.05) is 0 Å². The van der Waals surface area contributed by atoms with Crippen molar-refractivity contribution in [2.45, 2.75) is 12.0 Å². The van der Waals surface area contributed by atoms with Crippen molar-refractivity contribution in [3.8, 4) is 0 Å². The standard InChI is InChI=1S/C18H21NO2/c1-19(2)18(17(20)21-3)13-11-16(12-14-18)10-9-15-7-5-4-6-8-15/h4-13H,14H2,1-3H3/b10-9+. The van der Waals surface area contributed by atoms with E-state index >= 15 is 0 Å². The van der Waals surface area contributed by atoms with E-state index in [0.29, 0.717) is 6.42 Å². The molecular formula is C18H21NO2. The van der Waals surface area contributed by atoms with E-state index in [4.69, 9.17) is 4.74 Å². The summed E-state index contributed by atoms with van der Waals surface area (Å²) in [6.07, 6.45) is 10.7. The third-order valence-electron chi connectivity index (χ3n) is 3.81. The van der Waals surface area contributed by atoms with Crippen molar-refractivity contribution in [3.05, 3.63) is 65.8 Å². The first-order chi connectivity index (χ1) is 10.1.